The third-order valence-electron chi connectivity index (χ3n) is 3.55. The van der Waals surface area contributed by atoms with Crippen LogP contribution in [0, 0.1) is 11.3 Å². The Kier molecular flexibility index (Phi) is 5.75. The van der Waals surface area contributed by atoms with Gasteiger partial charge in [0, 0.05) is 18.7 Å². The summed E-state index contributed by atoms with van der Waals surface area (Å²) in [6.45, 7) is 1.47. The number of nitriles is 1. The molecule has 0 radical (unpaired) electrons. The van der Waals surface area contributed by atoms with Crippen molar-refractivity contribution >= 4 is 18.0 Å². The second-order valence-electron chi connectivity index (χ2n) is 5.08. The molecule has 0 saturated carbocycles. The molecule has 0 bridgehead atoms. The topological polar surface area (TPSA) is 79.6 Å². The van der Waals surface area contributed by atoms with Crippen LogP contribution in [-0.4, -0.2) is 43.6 Å². The Hall–Kier alpha value is -2.81. The van der Waals surface area contributed by atoms with E-state index >= 15 is 0 Å². The van der Waals surface area contributed by atoms with E-state index in [1.54, 1.807) is 35.2 Å². The maximum absolute atomic E-state index is 12.0. The first kappa shape index (κ1) is 16.6. The average Bonchev–Trinajstić information content (AvgIpc) is 3.12. The fraction of sp³-hybridized carbons (Fsp3) is 0.353. The largest absolute Gasteiger partial charge is 0.483 e. The molecule has 6 nitrogen and oxygen atoms in total. The molecule has 0 atom stereocenters. The van der Waals surface area contributed by atoms with Crippen LogP contribution in [0.5, 0.6) is 5.75 Å². The number of carbonyl (C=O) groups excluding carboxylic acids is 2. The molecular weight excluding hydrogens is 296 g/mol. The van der Waals surface area contributed by atoms with Gasteiger partial charge in [0.05, 0.1) is 7.11 Å². The smallest absolute Gasteiger partial charge is 0.348 e. The summed E-state index contributed by atoms with van der Waals surface area (Å²) >= 11 is 0. The van der Waals surface area contributed by atoms with Crippen LogP contribution in [0.3, 0.4) is 0 Å². The summed E-state index contributed by atoms with van der Waals surface area (Å²) in [6.07, 6.45) is 3.44. The first-order valence-corrected chi connectivity index (χ1v) is 7.35. The Balaban J connectivity index is 2.11. The molecule has 2 rings (SSSR count). The van der Waals surface area contributed by atoms with E-state index in [1.807, 2.05) is 0 Å². The summed E-state index contributed by atoms with van der Waals surface area (Å²) in [5.41, 5.74) is 0.415. The molecule has 1 aromatic rings. The van der Waals surface area contributed by atoms with Crippen molar-refractivity contribution in [2.24, 2.45) is 0 Å². The molecule has 1 heterocycles. The number of benzene rings is 1. The lowest BCUT2D eigenvalue weighted by Gasteiger charge is -2.16. The molecule has 0 aromatic heterocycles. The lowest BCUT2D eigenvalue weighted by Crippen LogP contribution is -2.32. The molecule has 1 aromatic carbocycles. The van der Waals surface area contributed by atoms with Crippen LogP contribution in [0.1, 0.15) is 18.4 Å². The Morgan fingerprint density at radius 3 is 2.65 bits per heavy atom. The van der Waals surface area contributed by atoms with E-state index in [0.29, 0.717) is 11.3 Å². The minimum absolute atomic E-state index is 0.0604. The van der Waals surface area contributed by atoms with Gasteiger partial charge in [0.15, 0.2) is 6.61 Å². The quantitative estimate of drug-likeness (QED) is 0.470. The molecule has 23 heavy (non-hydrogen) atoms. The standard InChI is InChI=1S/C17H18N2O4/c1-22-17(21)14(11-18)10-13-6-2-3-7-15(13)23-12-16(20)19-8-4-5-9-19/h2-3,6-7,10H,4-5,8-9,12H2,1H3/b14-10+. The minimum Gasteiger partial charge on any atom is -0.483 e. The number of methoxy groups -OCH3 is 1. The zero-order chi connectivity index (χ0) is 16.7. The van der Waals surface area contributed by atoms with Gasteiger partial charge in [-0.2, -0.15) is 5.26 Å². The van der Waals surface area contributed by atoms with Gasteiger partial charge in [0.2, 0.25) is 0 Å². The first-order valence-electron chi connectivity index (χ1n) is 7.35. The SMILES string of the molecule is COC(=O)/C(C#N)=C/c1ccccc1OCC(=O)N1CCCC1. The Labute approximate surface area is 134 Å². The molecule has 0 N–H and O–H groups in total. The highest BCUT2D eigenvalue weighted by Crippen LogP contribution is 2.21. The van der Waals surface area contributed by atoms with Gasteiger partial charge >= 0.3 is 5.97 Å². The summed E-state index contributed by atoms with van der Waals surface area (Å²) < 4.78 is 10.1. The third kappa shape index (κ3) is 4.33. The van der Waals surface area contributed by atoms with Gasteiger partial charge < -0.3 is 14.4 Å². The maximum Gasteiger partial charge on any atom is 0.348 e. The lowest BCUT2D eigenvalue weighted by molar-refractivity contribution is -0.135. The Morgan fingerprint density at radius 1 is 1.30 bits per heavy atom. The number of likely N-dealkylation sites (tertiary alicyclic amines) is 1. The highest BCUT2D eigenvalue weighted by Gasteiger charge is 2.18. The number of rotatable bonds is 5. The molecule has 120 valence electrons. The number of amides is 1. The van der Waals surface area contributed by atoms with Crippen molar-refractivity contribution in [1.82, 2.24) is 4.90 Å². The van der Waals surface area contributed by atoms with Crippen LogP contribution in [0.2, 0.25) is 0 Å². The number of para-hydroxylation sites is 1. The van der Waals surface area contributed by atoms with Gasteiger partial charge in [-0.15, -0.1) is 0 Å². The van der Waals surface area contributed by atoms with E-state index in [0.717, 1.165) is 25.9 Å². The highest BCUT2D eigenvalue weighted by atomic mass is 16.5. The van der Waals surface area contributed by atoms with Gasteiger partial charge in [-0.1, -0.05) is 18.2 Å². The Bertz CT molecular complexity index is 655. The molecule has 1 amide bonds. The van der Waals surface area contributed by atoms with Gasteiger partial charge in [-0.25, -0.2) is 4.79 Å². The van der Waals surface area contributed by atoms with Crippen LogP contribution >= 0.6 is 0 Å². The number of ether oxygens (including phenoxy) is 2. The van der Waals surface area contributed by atoms with E-state index in [2.05, 4.69) is 4.74 Å². The van der Waals surface area contributed by atoms with E-state index in [-0.39, 0.29) is 18.1 Å². The summed E-state index contributed by atoms with van der Waals surface area (Å²) in [7, 11) is 1.21. The summed E-state index contributed by atoms with van der Waals surface area (Å²) in [5.74, 6) is -0.332. The van der Waals surface area contributed by atoms with Gasteiger partial charge in [0.25, 0.3) is 5.91 Å². The molecule has 0 spiro atoms. The van der Waals surface area contributed by atoms with Crippen molar-refractivity contribution in [2.75, 3.05) is 26.8 Å². The maximum atomic E-state index is 12.0. The molecule has 1 aliphatic rings. The zero-order valence-electron chi connectivity index (χ0n) is 12.9. The minimum atomic E-state index is -0.713. The fourth-order valence-electron chi connectivity index (χ4n) is 2.33. The third-order valence-corrected chi connectivity index (χ3v) is 3.55. The number of esters is 1. The molecule has 1 fully saturated rings. The monoisotopic (exact) mass is 314 g/mol. The van der Waals surface area contributed by atoms with Crippen molar-refractivity contribution in [1.29, 1.82) is 5.26 Å². The summed E-state index contributed by atoms with van der Waals surface area (Å²) in [4.78, 5) is 25.3. The zero-order valence-corrected chi connectivity index (χ0v) is 12.9. The Morgan fingerprint density at radius 2 is 2.00 bits per heavy atom. The van der Waals surface area contributed by atoms with Crippen molar-refractivity contribution < 1.29 is 19.1 Å². The number of hydrogen-bond donors (Lipinski definition) is 0. The van der Waals surface area contributed by atoms with E-state index < -0.39 is 5.97 Å². The molecular formula is C17H18N2O4. The van der Waals surface area contributed by atoms with Crippen molar-refractivity contribution in [2.45, 2.75) is 12.8 Å². The molecule has 1 aliphatic heterocycles. The van der Waals surface area contributed by atoms with Crippen molar-refractivity contribution in [3.8, 4) is 11.8 Å². The number of carbonyl (C=O) groups is 2. The number of nitrogens with zero attached hydrogens (tertiary/aromatic N) is 2. The van der Waals surface area contributed by atoms with Crippen molar-refractivity contribution in [3.63, 3.8) is 0 Å². The summed E-state index contributed by atoms with van der Waals surface area (Å²) in [5, 5.41) is 9.02. The van der Waals surface area contributed by atoms with E-state index in [1.165, 1.54) is 13.2 Å². The number of hydrogen-bond acceptors (Lipinski definition) is 5. The molecule has 0 unspecified atom stereocenters. The fourth-order valence-corrected chi connectivity index (χ4v) is 2.33. The van der Waals surface area contributed by atoms with Gasteiger partial charge in [0.1, 0.15) is 17.4 Å². The predicted molar refractivity (Wildman–Crippen MR) is 83.4 cm³/mol. The van der Waals surface area contributed by atoms with Crippen LogP contribution in [0.4, 0.5) is 0 Å². The van der Waals surface area contributed by atoms with Gasteiger partial charge in [-0.3, -0.25) is 4.79 Å². The van der Waals surface area contributed by atoms with Crippen molar-refractivity contribution in [3.05, 3.63) is 35.4 Å². The summed E-state index contributed by atoms with van der Waals surface area (Å²) in [6, 6.07) is 8.71. The van der Waals surface area contributed by atoms with Crippen LogP contribution in [0.25, 0.3) is 6.08 Å². The second-order valence-corrected chi connectivity index (χ2v) is 5.08. The van der Waals surface area contributed by atoms with Crippen LogP contribution < -0.4 is 4.74 Å². The normalized spacial score (nSPS) is 14.3. The highest BCUT2D eigenvalue weighted by molar-refractivity contribution is 5.98. The molecule has 1 saturated heterocycles. The van der Waals surface area contributed by atoms with E-state index in [9.17, 15) is 9.59 Å². The first-order chi connectivity index (χ1) is 11.2. The van der Waals surface area contributed by atoms with E-state index in [4.69, 9.17) is 10.00 Å². The lowest BCUT2D eigenvalue weighted by atomic mass is 10.1. The average molecular weight is 314 g/mol. The van der Waals surface area contributed by atoms with Crippen LogP contribution in [0.15, 0.2) is 29.8 Å². The predicted octanol–water partition coefficient (Wildman–Crippen LogP) is 1.77. The molecule has 0 aliphatic carbocycles. The van der Waals surface area contributed by atoms with Crippen LogP contribution in [-0.2, 0) is 14.3 Å². The molecule has 6 heteroatoms. The second kappa shape index (κ2) is 7.99. The van der Waals surface area contributed by atoms with Gasteiger partial charge in [-0.05, 0) is 25.0 Å².